The number of alkyl halides is 2. The molecule has 0 radical (unpaired) electrons. The first-order valence-electron chi connectivity index (χ1n) is 7.75. The van der Waals surface area contributed by atoms with E-state index in [9.17, 15) is 17.6 Å². The molecule has 0 aliphatic carbocycles. The summed E-state index contributed by atoms with van der Waals surface area (Å²) in [6, 6.07) is 10.7. The molecular formula is C20H14ClF4N. The van der Waals surface area contributed by atoms with Crippen LogP contribution in [0.3, 0.4) is 0 Å². The van der Waals surface area contributed by atoms with E-state index in [1.165, 1.54) is 0 Å². The van der Waals surface area contributed by atoms with Crippen LogP contribution in [0.25, 0.3) is 11.3 Å². The van der Waals surface area contributed by atoms with Crippen molar-refractivity contribution in [3.8, 4) is 0 Å². The van der Waals surface area contributed by atoms with E-state index in [0.29, 0.717) is 11.1 Å². The monoisotopic (exact) mass is 379 g/mol. The van der Waals surface area contributed by atoms with Crippen molar-refractivity contribution in [2.45, 2.75) is 6.43 Å². The Morgan fingerprint density at radius 3 is 2.19 bits per heavy atom. The SMILES string of the molecule is C=C1C=CC(c2ccccc2)=C(c2c(F)cc(Cl)cc2F)N1CC(F)F. The largest absolute Gasteiger partial charge is 0.335 e. The van der Waals surface area contributed by atoms with Crippen molar-refractivity contribution in [3.63, 3.8) is 0 Å². The first kappa shape index (κ1) is 18.3. The minimum absolute atomic E-state index is 0.00401. The summed E-state index contributed by atoms with van der Waals surface area (Å²) in [5.74, 6) is -1.86. The fraction of sp³-hybridized carbons (Fsp3) is 0.100. The van der Waals surface area contributed by atoms with Crippen LogP contribution in [0.1, 0.15) is 11.1 Å². The zero-order chi connectivity index (χ0) is 18.8. The van der Waals surface area contributed by atoms with Gasteiger partial charge in [0.05, 0.1) is 17.8 Å². The number of hydrogen-bond acceptors (Lipinski definition) is 1. The third-order valence-electron chi connectivity index (χ3n) is 3.96. The van der Waals surface area contributed by atoms with Crippen molar-refractivity contribution in [3.05, 3.63) is 94.7 Å². The molecule has 1 aliphatic rings. The first-order chi connectivity index (χ1) is 12.4. The molecule has 6 heteroatoms. The molecule has 0 N–H and O–H groups in total. The van der Waals surface area contributed by atoms with Gasteiger partial charge in [0, 0.05) is 16.3 Å². The van der Waals surface area contributed by atoms with E-state index in [2.05, 4.69) is 6.58 Å². The van der Waals surface area contributed by atoms with E-state index in [1.54, 1.807) is 42.5 Å². The Kier molecular flexibility index (Phi) is 5.18. The lowest BCUT2D eigenvalue weighted by atomic mass is 9.94. The number of rotatable bonds is 4. The Hall–Kier alpha value is -2.53. The lowest BCUT2D eigenvalue weighted by molar-refractivity contribution is 0.123. The Morgan fingerprint density at radius 1 is 1.00 bits per heavy atom. The van der Waals surface area contributed by atoms with Crippen LogP contribution in [0.4, 0.5) is 17.6 Å². The topological polar surface area (TPSA) is 3.24 Å². The summed E-state index contributed by atoms with van der Waals surface area (Å²) in [5, 5.41) is -0.115. The fourth-order valence-corrected chi connectivity index (χ4v) is 3.06. The summed E-state index contributed by atoms with van der Waals surface area (Å²) in [7, 11) is 0. The zero-order valence-corrected chi connectivity index (χ0v) is 14.3. The molecule has 0 unspecified atom stereocenters. The molecule has 1 nitrogen and oxygen atoms in total. The van der Waals surface area contributed by atoms with Crippen LogP contribution in [0, 0.1) is 11.6 Å². The van der Waals surface area contributed by atoms with E-state index < -0.39 is 30.2 Å². The van der Waals surface area contributed by atoms with Crippen molar-refractivity contribution in [2.75, 3.05) is 6.54 Å². The molecule has 0 saturated carbocycles. The summed E-state index contributed by atoms with van der Waals surface area (Å²) >= 11 is 5.70. The third kappa shape index (κ3) is 3.53. The Balaban J connectivity index is 2.31. The van der Waals surface area contributed by atoms with Gasteiger partial charge in [-0.2, -0.15) is 0 Å². The van der Waals surface area contributed by atoms with Gasteiger partial charge in [0.2, 0.25) is 0 Å². The summed E-state index contributed by atoms with van der Waals surface area (Å²) in [4.78, 5) is 1.13. The van der Waals surface area contributed by atoms with Crippen LogP contribution in [-0.2, 0) is 0 Å². The number of allylic oxidation sites excluding steroid dienone is 3. The first-order valence-corrected chi connectivity index (χ1v) is 8.13. The quantitative estimate of drug-likeness (QED) is 0.577. The van der Waals surface area contributed by atoms with E-state index in [-0.39, 0.29) is 16.4 Å². The average Bonchev–Trinajstić information content (AvgIpc) is 2.57. The molecular weight excluding hydrogens is 366 g/mol. The minimum atomic E-state index is -2.72. The van der Waals surface area contributed by atoms with E-state index in [1.807, 2.05) is 0 Å². The number of halogens is 5. The molecule has 0 atom stereocenters. The second kappa shape index (κ2) is 7.38. The summed E-state index contributed by atoms with van der Waals surface area (Å²) in [5.41, 5.74) is 0.849. The van der Waals surface area contributed by atoms with E-state index >= 15 is 0 Å². The maximum atomic E-state index is 14.6. The molecule has 2 aromatic rings. The van der Waals surface area contributed by atoms with Crippen LogP contribution >= 0.6 is 11.6 Å². The molecule has 0 spiro atoms. The average molecular weight is 380 g/mol. The van der Waals surface area contributed by atoms with Crippen molar-refractivity contribution in [1.29, 1.82) is 0 Å². The van der Waals surface area contributed by atoms with Crippen molar-refractivity contribution in [2.24, 2.45) is 0 Å². The molecule has 26 heavy (non-hydrogen) atoms. The molecule has 1 heterocycles. The van der Waals surface area contributed by atoms with Crippen LogP contribution < -0.4 is 0 Å². The summed E-state index contributed by atoms with van der Waals surface area (Å²) in [6.45, 7) is 2.99. The van der Waals surface area contributed by atoms with Crippen LogP contribution in [0.2, 0.25) is 5.02 Å². The van der Waals surface area contributed by atoms with Gasteiger partial charge in [-0.05, 0) is 23.8 Å². The zero-order valence-electron chi connectivity index (χ0n) is 13.5. The maximum absolute atomic E-state index is 14.6. The van der Waals surface area contributed by atoms with Crippen LogP contribution in [0.5, 0.6) is 0 Å². The highest BCUT2D eigenvalue weighted by Gasteiger charge is 2.29. The second-order valence-electron chi connectivity index (χ2n) is 5.70. The van der Waals surface area contributed by atoms with Crippen LogP contribution in [-0.4, -0.2) is 17.9 Å². The second-order valence-corrected chi connectivity index (χ2v) is 6.14. The fourth-order valence-electron chi connectivity index (χ4n) is 2.87. The Bertz CT molecular complexity index is 880. The lowest BCUT2D eigenvalue weighted by Crippen LogP contribution is -2.29. The molecule has 2 aromatic carbocycles. The molecule has 0 saturated heterocycles. The van der Waals surface area contributed by atoms with Gasteiger partial charge in [0.1, 0.15) is 11.6 Å². The Morgan fingerprint density at radius 2 is 1.62 bits per heavy atom. The van der Waals surface area contributed by atoms with Crippen molar-refractivity contribution in [1.82, 2.24) is 4.90 Å². The number of benzene rings is 2. The highest BCUT2D eigenvalue weighted by molar-refractivity contribution is 6.30. The highest BCUT2D eigenvalue weighted by atomic mass is 35.5. The summed E-state index contributed by atoms with van der Waals surface area (Å²) in [6.07, 6.45) is 0.436. The normalized spacial score (nSPS) is 14.5. The van der Waals surface area contributed by atoms with Gasteiger partial charge in [-0.1, -0.05) is 54.6 Å². The number of hydrogen-bond donors (Lipinski definition) is 0. The van der Waals surface area contributed by atoms with Gasteiger partial charge >= 0.3 is 0 Å². The van der Waals surface area contributed by atoms with Gasteiger partial charge in [0.15, 0.2) is 0 Å². The van der Waals surface area contributed by atoms with Crippen molar-refractivity contribution < 1.29 is 17.6 Å². The summed E-state index contributed by atoms with van der Waals surface area (Å²) < 4.78 is 55.5. The van der Waals surface area contributed by atoms with Gasteiger partial charge < -0.3 is 4.90 Å². The van der Waals surface area contributed by atoms with Crippen LogP contribution in [0.15, 0.2) is 66.9 Å². The molecule has 3 rings (SSSR count). The Labute approximate surface area is 153 Å². The maximum Gasteiger partial charge on any atom is 0.256 e. The lowest BCUT2D eigenvalue weighted by Gasteiger charge is -2.33. The number of nitrogens with zero attached hydrogens (tertiary/aromatic N) is 1. The van der Waals surface area contributed by atoms with Gasteiger partial charge in [-0.3, -0.25) is 0 Å². The smallest absolute Gasteiger partial charge is 0.256 e. The predicted octanol–water partition coefficient (Wildman–Crippen LogP) is 6.14. The van der Waals surface area contributed by atoms with E-state index in [4.69, 9.17) is 11.6 Å². The van der Waals surface area contributed by atoms with Crippen molar-refractivity contribution >= 4 is 22.9 Å². The standard InChI is InChI=1S/C20H14ClF4N/c1-12-7-8-15(13-5-3-2-4-6-13)20(26(12)11-18(24)25)19-16(22)9-14(21)10-17(19)23/h2-10,18H,1,11H2. The van der Waals surface area contributed by atoms with E-state index in [0.717, 1.165) is 17.0 Å². The van der Waals surface area contributed by atoms with Gasteiger partial charge in [0.25, 0.3) is 6.43 Å². The molecule has 0 fully saturated rings. The molecule has 0 aromatic heterocycles. The third-order valence-corrected chi connectivity index (χ3v) is 4.18. The van der Waals surface area contributed by atoms with Gasteiger partial charge in [-0.15, -0.1) is 0 Å². The highest BCUT2D eigenvalue weighted by Crippen LogP contribution is 2.39. The molecule has 0 amide bonds. The van der Waals surface area contributed by atoms with Gasteiger partial charge in [-0.25, -0.2) is 17.6 Å². The molecule has 134 valence electrons. The molecule has 0 bridgehead atoms. The predicted molar refractivity (Wildman–Crippen MR) is 95.6 cm³/mol. The minimum Gasteiger partial charge on any atom is -0.335 e. The molecule has 1 aliphatic heterocycles.